The highest BCUT2D eigenvalue weighted by Crippen LogP contribution is 2.30. The molecule has 35 heavy (non-hydrogen) atoms. The van der Waals surface area contributed by atoms with Crippen LogP contribution in [-0.4, -0.2) is 75.8 Å². The second-order valence-corrected chi connectivity index (χ2v) is 10.9. The van der Waals surface area contributed by atoms with Gasteiger partial charge in [0.1, 0.15) is 16.3 Å². The van der Waals surface area contributed by atoms with Crippen molar-refractivity contribution in [2.45, 2.75) is 52.6 Å². The second kappa shape index (κ2) is 9.80. The molecule has 2 amide bonds. The molecule has 1 unspecified atom stereocenters. The third kappa shape index (κ3) is 5.24. The van der Waals surface area contributed by atoms with E-state index in [0.29, 0.717) is 43.3 Å². The van der Waals surface area contributed by atoms with Crippen LogP contribution in [0.3, 0.4) is 0 Å². The first-order chi connectivity index (χ1) is 16.6. The number of carbonyl (C=O) groups is 2. The molecule has 0 bridgehead atoms. The number of nitrogens with one attached hydrogen (secondary N) is 1. The minimum atomic E-state index is -0.447. The fourth-order valence-corrected chi connectivity index (χ4v) is 4.91. The van der Waals surface area contributed by atoms with Gasteiger partial charge >= 0.3 is 6.09 Å². The van der Waals surface area contributed by atoms with Crippen molar-refractivity contribution < 1.29 is 14.3 Å². The van der Waals surface area contributed by atoms with Crippen molar-refractivity contribution in [3.8, 4) is 11.4 Å². The zero-order valence-corrected chi connectivity index (χ0v) is 21.9. The fraction of sp³-hybridized carbons (Fsp3) is 0.542. The number of methoxy groups -OCH3 is 1. The summed E-state index contributed by atoms with van der Waals surface area (Å²) in [7, 11) is 3.35. The monoisotopic (exact) mass is 499 g/mol. The van der Waals surface area contributed by atoms with E-state index in [1.54, 1.807) is 33.0 Å². The lowest BCUT2D eigenvalue weighted by Crippen LogP contribution is -2.46. The quantitative estimate of drug-likeness (QED) is 0.571. The molecule has 11 heteroatoms. The molecule has 1 aliphatic rings. The summed E-state index contributed by atoms with van der Waals surface area (Å²) >= 11 is 1.56. The molecule has 4 rings (SSSR count). The van der Waals surface area contributed by atoms with Crippen molar-refractivity contribution in [2.24, 2.45) is 5.41 Å². The number of fused-ring (bicyclic) bond motifs is 1. The van der Waals surface area contributed by atoms with Crippen LogP contribution in [0, 0.1) is 5.41 Å². The number of thiazole rings is 1. The number of piperidine rings is 1. The van der Waals surface area contributed by atoms with Gasteiger partial charge in [0.15, 0.2) is 5.82 Å². The summed E-state index contributed by atoms with van der Waals surface area (Å²) in [4.78, 5) is 39.5. The summed E-state index contributed by atoms with van der Waals surface area (Å²) < 4.78 is 6.48. The average Bonchev–Trinajstić information content (AvgIpc) is 3.46. The summed E-state index contributed by atoms with van der Waals surface area (Å²) in [5.74, 6) is 1.04. The van der Waals surface area contributed by atoms with Crippen LogP contribution in [0.25, 0.3) is 16.2 Å². The molecule has 10 nitrogen and oxygen atoms in total. The van der Waals surface area contributed by atoms with Gasteiger partial charge in [0.25, 0.3) is 5.91 Å². The highest BCUT2D eigenvalue weighted by Gasteiger charge is 2.29. The molecule has 1 saturated heterocycles. The van der Waals surface area contributed by atoms with E-state index < -0.39 is 6.09 Å². The number of hydrogen-bond acceptors (Lipinski definition) is 8. The lowest BCUT2D eigenvalue weighted by atomic mass is 9.87. The Balaban J connectivity index is 1.65. The summed E-state index contributed by atoms with van der Waals surface area (Å²) in [6.45, 7) is 9.75. The van der Waals surface area contributed by atoms with Crippen molar-refractivity contribution in [1.82, 2.24) is 29.8 Å². The molecular formula is C24H33N7O3S. The maximum absolute atomic E-state index is 13.5. The molecule has 0 aliphatic carbocycles. The van der Waals surface area contributed by atoms with E-state index in [4.69, 9.17) is 14.7 Å². The van der Waals surface area contributed by atoms with E-state index in [0.717, 1.165) is 10.4 Å². The normalized spacial score (nSPS) is 15.8. The number of rotatable bonds is 5. The van der Waals surface area contributed by atoms with Crippen molar-refractivity contribution in [2.75, 3.05) is 32.1 Å². The SMILES string of the molecule is COC(=O)NC1CCN(C(=O)c2cc(N(C)C(C)C(C)(C)C)nc(-c3cnn4ccsc34)n2)CC1. The Morgan fingerprint density at radius 1 is 1.26 bits per heavy atom. The molecule has 4 heterocycles. The van der Waals surface area contributed by atoms with E-state index in [9.17, 15) is 9.59 Å². The minimum absolute atomic E-state index is 0.0112. The number of carbonyl (C=O) groups excluding carboxylic acids is 2. The van der Waals surface area contributed by atoms with Crippen LogP contribution < -0.4 is 10.2 Å². The third-order valence-corrected chi connectivity index (χ3v) is 7.68. The van der Waals surface area contributed by atoms with Crippen LogP contribution in [0.1, 0.15) is 51.0 Å². The molecule has 1 aliphatic heterocycles. The lowest BCUT2D eigenvalue weighted by molar-refractivity contribution is 0.0698. The Bertz CT molecular complexity index is 1210. The first-order valence-corrected chi connectivity index (χ1v) is 12.6. The topological polar surface area (TPSA) is 105 Å². The van der Waals surface area contributed by atoms with E-state index in [-0.39, 0.29) is 23.4 Å². The van der Waals surface area contributed by atoms with Crippen LogP contribution in [0.5, 0.6) is 0 Å². The number of nitrogens with zero attached hydrogens (tertiary/aromatic N) is 6. The molecule has 1 fully saturated rings. The number of likely N-dealkylation sites (tertiary alicyclic amines) is 1. The molecular weight excluding hydrogens is 466 g/mol. The number of aromatic nitrogens is 4. The van der Waals surface area contributed by atoms with Crippen LogP contribution in [0.2, 0.25) is 0 Å². The van der Waals surface area contributed by atoms with E-state index >= 15 is 0 Å². The number of alkyl carbamates (subject to hydrolysis) is 1. The number of amides is 2. The van der Waals surface area contributed by atoms with Gasteiger partial charge < -0.3 is 19.9 Å². The summed E-state index contributed by atoms with van der Waals surface area (Å²) in [6, 6.07) is 1.94. The Morgan fingerprint density at radius 2 is 1.97 bits per heavy atom. The van der Waals surface area contributed by atoms with Gasteiger partial charge in [-0.2, -0.15) is 5.10 Å². The van der Waals surface area contributed by atoms with Gasteiger partial charge in [0, 0.05) is 49.9 Å². The van der Waals surface area contributed by atoms with Crippen molar-refractivity contribution in [1.29, 1.82) is 0 Å². The third-order valence-electron chi connectivity index (χ3n) is 6.79. The van der Waals surface area contributed by atoms with Crippen molar-refractivity contribution in [3.05, 3.63) is 29.5 Å². The number of ether oxygens (including phenoxy) is 1. The Labute approximate surface area is 209 Å². The van der Waals surface area contributed by atoms with Crippen LogP contribution in [0.15, 0.2) is 23.8 Å². The van der Waals surface area contributed by atoms with Crippen LogP contribution in [0.4, 0.5) is 10.6 Å². The fourth-order valence-electron chi connectivity index (χ4n) is 4.12. The molecule has 188 valence electrons. The zero-order valence-electron chi connectivity index (χ0n) is 21.1. The second-order valence-electron chi connectivity index (χ2n) is 10.0. The van der Waals surface area contributed by atoms with Gasteiger partial charge in [-0.1, -0.05) is 20.8 Å². The van der Waals surface area contributed by atoms with Crippen LogP contribution >= 0.6 is 11.3 Å². The average molecular weight is 500 g/mol. The highest BCUT2D eigenvalue weighted by molar-refractivity contribution is 7.16. The molecule has 0 saturated carbocycles. The maximum Gasteiger partial charge on any atom is 0.407 e. The largest absolute Gasteiger partial charge is 0.453 e. The molecule has 0 spiro atoms. The molecule has 1 atom stereocenters. The highest BCUT2D eigenvalue weighted by atomic mass is 32.1. The van der Waals surface area contributed by atoms with E-state index in [2.05, 4.69) is 43.0 Å². The Morgan fingerprint density at radius 3 is 2.63 bits per heavy atom. The van der Waals surface area contributed by atoms with Gasteiger partial charge in [-0.25, -0.2) is 19.3 Å². The Kier molecular flexibility index (Phi) is 6.98. The Hall–Kier alpha value is -3.21. The minimum Gasteiger partial charge on any atom is -0.453 e. The van der Waals surface area contributed by atoms with Crippen LogP contribution in [-0.2, 0) is 4.74 Å². The molecule has 1 N–H and O–H groups in total. The van der Waals surface area contributed by atoms with E-state index in [1.165, 1.54) is 7.11 Å². The van der Waals surface area contributed by atoms with E-state index in [1.807, 2.05) is 18.6 Å². The molecule has 0 aromatic carbocycles. The first-order valence-electron chi connectivity index (χ1n) is 11.8. The van der Waals surface area contributed by atoms with Gasteiger partial charge in [-0.15, -0.1) is 11.3 Å². The smallest absolute Gasteiger partial charge is 0.407 e. The van der Waals surface area contributed by atoms with Gasteiger partial charge in [-0.3, -0.25) is 4.79 Å². The summed E-state index contributed by atoms with van der Waals surface area (Å²) in [6.07, 6.45) is 4.50. The molecule has 3 aromatic heterocycles. The van der Waals surface area contributed by atoms with Gasteiger partial charge in [0.05, 0.1) is 18.9 Å². The molecule has 3 aromatic rings. The van der Waals surface area contributed by atoms with Crippen molar-refractivity contribution in [3.63, 3.8) is 0 Å². The summed E-state index contributed by atoms with van der Waals surface area (Å²) in [5, 5.41) is 9.18. The predicted octanol–water partition coefficient (Wildman–Crippen LogP) is 3.68. The lowest BCUT2D eigenvalue weighted by Gasteiger charge is -2.36. The molecule has 0 radical (unpaired) electrons. The first kappa shape index (κ1) is 24.9. The van der Waals surface area contributed by atoms with Gasteiger partial charge in [-0.05, 0) is 25.2 Å². The maximum atomic E-state index is 13.5. The van der Waals surface area contributed by atoms with Gasteiger partial charge in [0.2, 0.25) is 0 Å². The van der Waals surface area contributed by atoms with Crippen molar-refractivity contribution >= 4 is 34.0 Å². The standard InChI is InChI=1S/C24H33N7O3S/c1-15(24(2,3)4)29(5)19-13-18(21(32)30-9-7-16(8-10-30)26-23(33)34-6)27-20(28-19)17-14-25-31-11-12-35-22(17)31/h11-16H,7-10H2,1-6H3,(H,26,33). The number of anilines is 1. The predicted molar refractivity (Wildman–Crippen MR) is 136 cm³/mol. The summed E-state index contributed by atoms with van der Waals surface area (Å²) in [5.41, 5.74) is 1.17. The zero-order chi connectivity index (χ0) is 25.3. The number of hydrogen-bond donors (Lipinski definition) is 1.